The van der Waals surface area contributed by atoms with Crippen molar-refractivity contribution in [3.8, 4) is 0 Å². The van der Waals surface area contributed by atoms with Gasteiger partial charge in [0.2, 0.25) is 0 Å². The van der Waals surface area contributed by atoms with E-state index in [0.29, 0.717) is 0 Å². The fraction of sp³-hybridized carbons (Fsp3) is 0.714. The fourth-order valence-corrected chi connectivity index (χ4v) is 3.26. The van der Waals surface area contributed by atoms with Crippen LogP contribution in [0, 0.1) is 19.8 Å². The summed E-state index contributed by atoms with van der Waals surface area (Å²) in [6, 6.07) is 0.730. The van der Waals surface area contributed by atoms with E-state index in [1.165, 1.54) is 25.8 Å². The van der Waals surface area contributed by atoms with Crippen molar-refractivity contribution >= 4 is 5.82 Å². The van der Waals surface area contributed by atoms with Crippen molar-refractivity contribution in [2.75, 3.05) is 24.5 Å². The zero-order valence-electron chi connectivity index (χ0n) is 11.3. The first-order valence-corrected chi connectivity index (χ1v) is 7.02. The van der Waals surface area contributed by atoms with E-state index in [1.54, 1.807) is 0 Å². The molecule has 2 atom stereocenters. The minimum Gasteiger partial charge on any atom is -0.355 e. The zero-order valence-corrected chi connectivity index (χ0v) is 11.3. The van der Waals surface area contributed by atoms with Gasteiger partial charge in [0.1, 0.15) is 5.82 Å². The lowest BCUT2D eigenvalue weighted by molar-refractivity contribution is 0.243. The number of hydrogen-bond acceptors (Lipinski definition) is 4. The van der Waals surface area contributed by atoms with Crippen LogP contribution in [0.1, 0.15) is 30.7 Å². The van der Waals surface area contributed by atoms with Gasteiger partial charge in [0.25, 0.3) is 0 Å². The predicted molar refractivity (Wildman–Crippen MR) is 72.9 cm³/mol. The van der Waals surface area contributed by atoms with Gasteiger partial charge in [-0.2, -0.15) is 0 Å². The van der Waals surface area contributed by atoms with Crippen LogP contribution in [0.4, 0.5) is 5.82 Å². The lowest BCUT2D eigenvalue weighted by Gasteiger charge is -2.42. The van der Waals surface area contributed by atoms with E-state index in [9.17, 15) is 0 Å². The highest BCUT2D eigenvalue weighted by Gasteiger charge is 2.31. The third-order valence-electron chi connectivity index (χ3n) is 4.24. The minimum atomic E-state index is 0.730. The molecule has 98 valence electrons. The highest BCUT2D eigenvalue weighted by atomic mass is 15.2. The molecule has 1 aromatic rings. The van der Waals surface area contributed by atoms with Crippen molar-refractivity contribution in [3.05, 3.63) is 17.6 Å². The lowest BCUT2D eigenvalue weighted by Crippen LogP contribution is -2.52. The van der Waals surface area contributed by atoms with E-state index < -0.39 is 0 Å². The molecular weight excluding hydrogens is 224 g/mol. The predicted octanol–water partition coefficient (Wildman–Crippen LogP) is 1.67. The maximum Gasteiger partial charge on any atom is 0.150 e. The summed E-state index contributed by atoms with van der Waals surface area (Å²) in [7, 11) is 0. The first kappa shape index (κ1) is 11.9. The molecule has 0 bridgehead atoms. The van der Waals surface area contributed by atoms with Gasteiger partial charge in [-0.15, -0.1) is 0 Å². The molecule has 0 amide bonds. The summed E-state index contributed by atoms with van der Waals surface area (Å²) in [4.78, 5) is 11.5. The van der Waals surface area contributed by atoms with E-state index in [4.69, 9.17) is 0 Å². The van der Waals surface area contributed by atoms with Crippen LogP contribution in [0.15, 0.2) is 6.20 Å². The first-order chi connectivity index (χ1) is 8.74. The number of anilines is 1. The van der Waals surface area contributed by atoms with E-state index >= 15 is 0 Å². The Morgan fingerprint density at radius 3 is 3.11 bits per heavy atom. The molecule has 0 spiro atoms. The van der Waals surface area contributed by atoms with Gasteiger partial charge in [-0.3, -0.25) is 4.98 Å². The maximum atomic E-state index is 4.68. The molecule has 2 fully saturated rings. The number of nitrogens with one attached hydrogen (secondary N) is 1. The van der Waals surface area contributed by atoms with E-state index in [-0.39, 0.29) is 0 Å². The van der Waals surface area contributed by atoms with Gasteiger partial charge < -0.3 is 10.2 Å². The summed E-state index contributed by atoms with van der Waals surface area (Å²) in [6.45, 7) is 7.52. The molecular formula is C14H22N4. The number of fused-ring (bicyclic) bond motifs is 1. The topological polar surface area (TPSA) is 41.1 Å². The number of hydrogen-bond donors (Lipinski definition) is 1. The van der Waals surface area contributed by atoms with E-state index in [0.717, 1.165) is 42.3 Å². The second kappa shape index (κ2) is 4.84. The number of aryl methyl sites for hydroxylation is 2. The van der Waals surface area contributed by atoms with E-state index in [1.807, 2.05) is 13.1 Å². The molecule has 1 aromatic heterocycles. The Kier molecular flexibility index (Phi) is 3.20. The quantitative estimate of drug-likeness (QED) is 0.818. The Labute approximate surface area is 109 Å². The molecule has 2 saturated heterocycles. The van der Waals surface area contributed by atoms with Crippen molar-refractivity contribution in [2.24, 2.45) is 5.92 Å². The second-order valence-electron chi connectivity index (χ2n) is 5.62. The fourth-order valence-electron chi connectivity index (χ4n) is 3.26. The van der Waals surface area contributed by atoms with Crippen LogP contribution in [-0.4, -0.2) is 35.6 Å². The van der Waals surface area contributed by atoms with Crippen LogP contribution in [0.25, 0.3) is 0 Å². The van der Waals surface area contributed by atoms with Crippen molar-refractivity contribution in [3.63, 3.8) is 0 Å². The molecule has 2 aliphatic rings. The van der Waals surface area contributed by atoms with E-state index in [2.05, 4.69) is 27.1 Å². The molecule has 0 aromatic carbocycles. The Bertz CT molecular complexity index is 432. The summed E-state index contributed by atoms with van der Waals surface area (Å²) in [5.74, 6) is 1.88. The highest BCUT2D eigenvalue weighted by molar-refractivity contribution is 5.44. The zero-order chi connectivity index (χ0) is 12.5. The number of piperidine rings is 2. The molecule has 3 heterocycles. The smallest absolute Gasteiger partial charge is 0.150 e. The van der Waals surface area contributed by atoms with Crippen molar-refractivity contribution in [1.82, 2.24) is 15.3 Å². The average Bonchev–Trinajstić information content (AvgIpc) is 2.41. The number of aromatic nitrogens is 2. The minimum absolute atomic E-state index is 0.730. The Morgan fingerprint density at radius 2 is 2.22 bits per heavy atom. The molecule has 3 rings (SSSR count). The monoisotopic (exact) mass is 246 g/mol. The molecule has 4 nitrogen and oxygen atoms in total. The summed E-state index contributed by atoms with van der Waals surface area (Å²) < 4.78 is 0. The van der Waals surface area contributed by atoms with Gasteiger partial charge in [0, 0.05) is 25.3 Å². The van der Waals surface area contributed by atoms with Gasteiger partial charge >= 0.3 is 0 Å². The normalized spacial score (nSPS) is 28.0. The van der Waals surface area contributed by atoms with Gasteiger partial charge in [0.05, 0.1) is 11.4 Å². The maximum absolute atomic E-state index is 4.68. The molecule has 0 aliphatic carbocycles. The van der Waals surface area contributed by atoms with Crippen LogP contribution >= 0.6 is 0 Å². The van der Waals surface area contributed by atoms with Crippen LogP contribution < -0.4 is 10.2 Å². The van der Waals surface area contributed by atoms with Gasteiger partial charge in [-0.05, 0) is 45.6 Å². The average molecular weight is 246 g/mol. The summed E-state index contributed by atoms with van der Waals surface area (Å²) >= 11 is 0. The molecule has 2 aliphatic heterocycles. The molecule has 4 heteroatoms. The summed E-state index contributed by atoms with van der Waals surface area (Å²) in [5.41, 5.74) is 2.07. The second-order valence-corrected chi connectivity index (χ2v) is 5.62. The summed E-state index contributed by atoms with van der Waals surface area (Å²) in [6.07, 6.45) is 5.76. The van der Waals surface area contributed by atoms with Crippen LogP contribution in [0.3, 0.4) is 0 Å². The Morgan fingerprint density at radius 1 is 1.33 bits per heavy atom. The standard InChI is InChI=1S/C14H22N4/c1-10-8-16-11(2)14(17-10)18-7-5-13-12(9-18)4-3-6-15-13/h8,12-13,15H,3-7,9H2,1-2H3. The highest BCUT2D eigenvalue weighted by Crippen LogP contribution is 2.28. The van der Waals surface area contributed by atoms with Crippen molar-refractivity contribution in [1.29, 1.82) is 0 Å². The first-order valence-electron chi connectivity index (χ1n) is 7.02. The summed E-state index contributed by atoms with van der Waals surface area (Å²) in [5, 5.41) is 3.66. The molecule has 2 unspecified atom stereocenters. The van der Waals surface area contributed by atoms with Gasteiger partial charge in [-0.25, -0.2) is 4.98 Å². The number of nitrogens with zero attached hydrogens (tertiary/aromatic N) is 3. The van der Waals surface area contributed by atoms with Crippen molar-refractivity contribution in [2.45, 2.75) is 39.2 Å². The SMILES string of the molecule is Cc1cnc(C)c(N2CCC3NCCCC3C2)n1. The molecule has 0 radical (unpaired) electrons. The number of rotatable bonds is 1. The van der Waals surface area contributed by atoms with Crippen LogP contribution in [-0.2, 0) is 0 Å². The van der Waals surface area contributed by atoms with Crippen molar-refractivity contribution < 1.29 is 0 Å². The third-order valence-corrected chi connectivity index (χ3v) is 4.24. The largest absolute Gasteiger partial charge is 0.355 e. The lowest BCUT2D eigenvalue weighted by atomic mass is 9.85. The molecule has 1 N–H and O–H groups in total. The molecule has 18 heavy (non-hydrogen) atoms. The molecule has 0 saturated carbocycles. The van der Waals surface area contributed by atoms with Crippen LogP contribution in [0.5, 0.6) is 0 Å². The Hall–Kier alpha value is -1.16. The van der Waals surface area contributed by atoms with Crippen LogP contribution in [0.2, 0.25) is 0 Å². The Balaban J connectivity index is 1.79. The van der Waals surface area contributed by atoms with Gasteiger partial charge in [-0.1, -0.05) is 0 Å². The third kappa shape index (κ3) is 2.21. The van der Waals surface area contributed by atoms with Gasteiger partial charge in [0.15, 0.2) is 0 Å².